The highest BCUT2D eigenvalue weighted by atomic mass is 16.3. The maximum Gasteiger partial charge on any atom is 0.325 e. The highest BCUT2D eigenvalue weighted by Gasteiger charge is 2.52. The van der Waals surface area contributed by atoms with Gasteiger partial charge in [-0.25, -0.2) is 4.79 Å². The second-order valence-corrected chi connectivity index (χ2v) is 8.63. The van der Waals surface area contributed by atoms with Gasteiger partial charge in [0.15, 0.2) is 5.78 Å². The third-order valence-corrected chi connectivity index (χ3v) is 6.85. The Bertz CT molecular complexity index is 965. The normalized spacial score (nSPS) is 24.0. The van der Waals surface area contributed by atoms with Crippen LogP contribution in [0.25, 0.3) is 0 Å². The molecule has 7 heteroatoms. The molecule has 1 aliphatic heterocycles. The number of carbonyl (C=O) groups excluding carboxylic acids is 3. The van der Waals surface area contributed by atoms with Crippen LogP contribution in [0.5, 0.6) is 0 Å². The lowest BCUT2D eigenvalue weighted by Gasteiger charge is -2.34. The van der Waals surface area contributed by atoms with E-state index in [2.05, 4.69) is 12.2 Å². The SMILES string of the molecule is CCC1CCC2(CC1)NC(=O)N(CC(=O)c1cc(C)n(Cc3ccco3)c1C)C2=O. The topological polar surface area (TPSA) is 84.6 Å². The number of ketones is 1. The summed E-state index contributed by atoms with van der Waals surface area (Å²) in [6.45, 7) is 6.27. The number of nitrogens with zero attached hydrogens (tertiary/aromatic N) is 2. The Labute approximate surface area is 176 Å². The summed E-state index contributed by atoms with van der Waals surface area (Å²) in [6.07, 6.45) is 5.87. The van der Waals surface area contributed by atoms with Crippen molar-refractivity contribution < 1.29 is 18.8 Å². The monoisotopic (exact) mass is 411 g/mol. The maximum atomic E-state index is 13.1. The molecular weight excluding hydrogens is 382 g/mol. The van der Waals surface area contributed by atoms with E-state index < -0.39 is 11.6 Å². The van der Waals surface area contributed by atoms with Crippen LogP contribution in [0.3, 0.4) is 0 Å². The molecule has 3 heterocycles. The molecule has 3 amide bonds. The van der Waals surface area contributed by atoms with Crippen LogP contribution in [0.4, 0.5) is 4.79 Å². The van der Waals surface area contributed by atoms with Crippen LogP contribution in [0, 0.1) is 19.8 Å². The van der Waals surface area contributed by atoms with E-state index in [0.717, 1.165) is 41.3 Å². The van der Waals surface area contributed by atoms with Crippen molar-refractivity contribution in [1.82, 2.24) is 14.8 Å². The van der Waals surface area contributed by atoms with Crippen molar-refractivity contribution >= 4 is 17.7 Å². The molecule has 0 radical (unpaired) electrons. The minimum atomic E-state index is -0.820. The molecule has 7 nitrogen and oxygen atoms in total. The first-order valence-corrected chi connectivity index (χ1v) is 10.7. The standard InChI is InChI=1S/C23H29N3O4/c1-4-17-7-9-23(10-8-17)21(28)26(22(29)24-23)14-20(27)19-12-15(2)25(16(19)3)13-18-6-5-11-30-18/h5-6,11-12,17H,4,7-10,13-14H2,1-3H3,(H,24,29). The lowest BCUT2D eigenvalue weighted by atomic mass is 9.75. The van der Waals surface area contributed by atoms with Gasteiger partial charge >= 0.3 is 6.03 Å². The van der Waals surface area contributed by atoms with Gasteiger partial charge in [0.25, 0.3) is 5.91 Å². The van der Waals surface area contributed by atoms with Crippen LogP contribution in [0.2, 0.25) is 0 Å². The van der Waals surface area contributed by atoms with Crippen molar-refractivity contribution in [3.05, 3.63) is 47.2 Å². The zero-order chi connectivity index (χ0) is 21.5. The van der Waals surface area contributed by atoms with Crippen LogP contribution in [-0.4, -0.2) is 39.3 Å². The molecule has 1 spiro atoms. The van der Waals surface area contributed by atoms with Crippen molar-refractivity contribution in [2.75, 3.05) is 6.54 Å². The molecule has 1 aliphatic carbocycles. The molecule has 30 heavy (non-hydrogen) atoms. The van der Waals surface area contributed by atoms with Crippen molar-refractivity contribution in [1.29, 1.82) is 0 Å². The number of amides is 3. The van der Waals surface area contributed by atoms with Crippen LogP contribution >= 0.6 is 0 Å². The minimum Gasteiger partial charge on any atom is -0.467 e. The highest BCUT2D eigenvalue weighted by molar-refractivity contribution is 6.11. The number of rotatable bonds is 6. The number of imide groups is 1. The van der Waals surface area contributed by atoms with E-state index in [1.54, 1.807) is 6.26 Å². The van der Waals surface area contributed by atoms with Crippen LogP contribution in [-0.2, 0) is 11.3 Å². The number of aromatic nitrogens is 1. The fraction of sp³-hybridized carbons (Fsp3) is 0.522. The average molecular weight is 412 g/mol. The summed E-state index contributed by atoms with van der Waals surface area (Å²) in [5, 5.41) is 2.90. The molecule has 2 fully saturated rings. The van der Waals surface area contributed by atoms with E-state index in [9.17, 15) is 14.4 Å². The van der Waals surface area contributed by atoms with Gasteiger partial charge in [-0.1, -0.05) is 13.3 Å². The van der Waals surface area contributed by atoms with Crippen molar-refractivity contribution in [3.63, 3.8) is 0 Å². The molecule has 2 aromatic heterocycles. The molecule has 0 unspecified atom stereocenters. The first-order valence-electron chi connectivity index (χ1n) is 10.7. The molecule has 1 saturated carbocycles. The van der Waals surface area contributed by atoms with E-state index in [0.29, 0.717) is 30.9 Å². The van der Waals surface area contributed by atoms with Crippen molar-refractivity contribution in [2.24, 2.45) is 5.92 Å². The zero-order valence-electron chi connectivity index (χ0n) is 17.9. The summed E-state index contributed by atoms with van der Waals surface area (Å²) in [5.74, 6) is 0.932. The molecule has 0 atom stereocenters. The summed E-state index contributed by atoms with van der Waals surface area (Å²) >= 11 is 0. The zero-order valence-corrected chi connectivity index (χ0v) is 17.9. The Morgan fingerprint density at radius 3 is 2.63 bits per heavy atom. The van der Waals surface area contributed by atoms with Gasteiger partial charge in [0.2, 0.25) is 0 Å². The summed E-state index contributed by atoms with van der Waals surface area (Å²) in [7, 11) is 0. The molecule has 1 N–H and O–H groups in total. The lowest BCUT2D eigenvalue weighted by Crippen LogP contribution is -2.49. The quantitative estimate of drug-likeness (QED) is 0.578. The van der Waals surface area contributed by atoms with Gasteiger partial charge in [0, 0.05) is 17.0 Å². The van der Waals surface area contributed by atoms with Gasteiger partial charge in [-0.05, 0) is 63.6 Å². The molecule has 0 bridgehead atoms. The minimum absolute atomic E-state index is 0.225. The maximum absolute atomic E-state index is 13.1. The van der Waals surface area contributed by atoms with Gasteiger partial charge in [0.1, 0.15) is 11.3 Å². The molecule has 2 aliphatic rings. The molecule has 2 aromatic rings. The molecule has 0 aromatic carbocycles. The number of carbonyl (C=O) groups is 3. The number of aryl methyl sites for hydroxylation is 1. The molecular formula is C23H29N3O4. The molecule has 1 saturated heterocycles. The number of nitrogens with one attached hydrogen (secondary N) is 1. The largest absolute Gasteiger partial charge is 0.467 e. The van der Waals surface area contributed by atoms with E-state index >= 15 is 0 Å². The number of hydrogen-bond donors (Lipinski definition) is 1. The van der Waals surface area contributed by atoms with Crippen molar-refractivity contribution in [3.8, 4) is 0 Å². The summed E-state index contributed by atoms with van der Waals surface area (Å²) in [6, 6.07) is 5.09. The van der Waals surface area contributed by atoms with Crippen LogP contribution in [0.15, 0.2) is 28.9 Å². The second kappa shape index (κ2) is 7.78. The van der Waals surface area contributed by atoms with Gasteiger partial charge < -0.3 is 14.3 Å². The van der Waals surface area contributed by atoms with Crippen LogP contribution in [0.1, 0.15) is 66.5 Å². The Morgan fingerprint density at radius 2 is 2.00 bits per heavy atom. The number of Topliss-reactive ketones (excluding diaryl/α,β-unsaturated/α-hetero) is 1. The van der Waals surface area contributed by atoms with Gasteiger partial charge in [-0.15, -0.1) is 0 Å². The van der Waals surface area contributed by atoms with Gasteiger partial charge in [-0.3, -0.25) is 14.5 Å². The average Bonchev–Trinajstić information content (AvgIpc) is 3.40. The first-order chi connectivity index (χ1) is 14.3. The molecule has 160 valence electrons. The van der Waals surface area contributed by atoms with E-state index in [4.69, 9.17) is 4.42 Å². The first kappa shape index (κ1) is 20.4. The Morgan fingerprint density at radius 1 is 1.27 bits per heavy atom. The van der Waals surface area contributed by atoms with Crippen molar-refractivity contribution in [2.45, 2.75) is 65.0 Å². The van der Waals surface area contributed by atoms with Gasteiger partial charge in [0.05, 0.1) is 19.4 Å². The fourth-order valence-corrected chi connectivity index (χ4v) is 4.85. The van der Waals surface area contributed by atoms with E-state index in [1.807, 2.05) is 36.6 Å². The third kappa shape index (κ3) is 3.46. The summed E-state index contributed by atoms with van der Waals surface area (Å²) in [5.41, 5.74) is 1.45. The lowest BCUT2D eigenvalue weighted by molar-refractivity contribution is -0.132. The smallest absolute Gasteiger partial charge is 0.325 e. The summed E-state index contributed by atoms with van der Waals surface area (Å²) < 4.78 is 7.43. The highest BCUT2D eigenvalue weighted by Crippen LogP contribution is 2.37. The Balaban J connectivity index is 1.49. The Hall–Kier alpha value is -2.83. The van der Waals surface area contributed by atoms with E-state index in [-0.39, 0.29) is 18.2 Å². The third-order valence-electron chi connectivity index (χ3n) is 6.85. The second-order valence-electron chi connectivity index (χ2n) is 8.63. The Kier molecular flexibility index (Phi) is 5.30. The fourth-order valence-electron chi connectivity index (χ4n) is 4.85. The predicted molar refractivity (Wildman–Crippen MR) is 111 cm³/mol. The molecule has 4 rings (SSSR count). The van der Waals surface area contributed by atoms with E-state index in [1.165, 1.54) is 0 Å². The van der Waals surface area contributed by atoms with Crippen LogP contribution < -0.4 is 5.32 Å². The number of furan rings is 1. The number of hydrogen-bond acceptors (Lipinski definition) is 4. The van der Waals surface area contributed by atoms with Gasteiger partial charge in [-0.2, -0.15) is 0 Å². The predicted octanol–water partition coefficient (Wildman–Crippen LogP) is 3.82. The summed E-state index contributed by atoms with van der Waals surface area (Å²) in [4.78, 5) is 39.8. The number of urea groups is 1.